The lowest BCUT2D eigenvalue weighted by Crippen LogP contribution is -2.05. The topological polar surface area (TPSA) is 119 Å². The first-order chi connectivity index (χ1) is 18.3. The van der Waals surface area contributed by atoms with E-state index in [0.717, 1.165) is 45.6 Å². The van der Waals surface area contributed by atoms with Crippen LogP contribution in [0.3, 0.4) is 0 Å². The highest BCUT2D eigenvalue weighted by atomic mass is 16.5. The van der Waals surface area contributed by atoms with Crippen LogP contribution in [0.25, 0.3) is 22.2 Å². The van der Waals surface area contributed by atoms with Crippen molar-refractivity contribution in [2.45, 2.75) is 13.0 Å². The molecule has 0 fully saturated rings. The Kier molecular flexibility index (Phi) is 6.19. The number of nitrogens with zero attached hydrogens (tertiary/aromatic N) is 7. The predicted octanol–water partition coefficient (Wildman–Crippen LogP) is 4.42. The number of H-pyrrole nitrogens is 1. The minimum absolute atomic E-state index is 0.446. The van der Waals surface area contributed by atoms with E-state index >= 15 is 0 Å². The van der Waals surface area contributed by atoms with Crippen LogP contribution in [0, 0.1) is 0 Å². The lowest BCUT2D eigenvalue weighted by Gasteiger charge is -2.13. The van der Waals surface area contributed by atoms with Gasteiger partial charge in [0.05, 0.1) is 29.8 Å². The number of ether oxygens (including phenoxy) is 1. The van der Waals surface area contributed by atoms with Gasteiger partial charge in [-0.25, -0.2) is 15.0 Å². The van der Waals surface area contributed by atoms with Crippen molar-refractivity contribution in [1.82, 2.24) is 39.7 Å². The van der Waals surface area contributed by atoms with Gasteiger partial charge in [0.1, 0.15) is 5.75 Å². The molecule has 2 N–H and O–H groups in total. The number of rotatable bonds is 9. The van der Waals surface area contributed by atoms with E-state index in [2.05, 4.69) is 47.6 Å². The van der Waals surface area contributed by atoms with Gasteiger partial charge in [-0.05, 0) is 29.8 Å². The molecule has 0 radical (unpaired) electrons. The molecule has 6 rings (SSSR count). The van der Waals surface area contributed by atoms with Crippen LogP contribution >= 0.6 is 0 Å². The van der Waals surface area contributed by atoms with Gasteiger partial charge >= 0.3 is 0 Å². The Balaban J connectivity index is 1.26. The molecule has 0 bridgehead atoms. The number of aromatic amines is 1. The van der Waals surface area contributed by atoms with Crippen molar-refractivity contribution in [2.75, 3.05) is 11.9 Å². The number of fused-ring (bicyclic) bond motifs is 1. The minimum atomic E-state index is 0.446. The summed E-state index contributed by atoms with van der Waals surface area (Å²) in [5.41, 5.74) is 5.34. The van der Waals surface area contributed by atoms with Crippen molar-refractivity contribution in [3.63, 3.8) is 0 Å². The summed E-state index contributed by atoms with van der Waals surface area (Å²) in [6.45, 7) is 1.18. The van der Waals surface area contributed by atoms with Crippen LogP contribution in [0.4, 0.5) is 11.6 Å². The van der Waals surface area contributed by atoms with E-state index in [1.54, 1.807) is 43.5 Å². The monoisotopic (exact) mass is 489 g/mol. The van der Waals surface area contributed by atoms with Crippen LogP contribution in [-0.4, -0.2) is 46.3 Å². The number of hydrogen-bond donors (Lipinski definition) is 2. The fourth-order valence-electron chi connectivity index (χ4n) is 4.04. The van der Waals surface area contributed by atoms with Gasteiger partial charge in [0.2, 0.25) is 5.95 Å². The first-order valence-corrected chi connectivity index (χ1v) is 11.8. The molecule has 182 valence electrons. The molecule has 2 aromatic carbocycles. The minimum Gasteiger partial charge on any atom is -0.492 e. The first kappa shape index (κ1) is 22.4. The molecule has 0 spiro atoms. The van der Waals surface area contributed by atoms with Crippen LogP contribution in [0.1, 0.15) is 11.3 Å². The summed E-state index contributed by atoms with van der Waals surface area (Å²) >= 11 is 0. The van der Waals surface area contributed by atoms with Crippen LogP contribution in [0.15, 0.2) is 92.2 Å². The van der Waals surface area contributed by atoms with Crippen molar-refractivity contribution in [2.24, 2.45) is 0 Å². The Bertz CT molecular complexity index is 1600. The standard InChI is InChI=1S/C27H23N9O/c1-2-19(17-36-10-9-29-18-36)12-21(3-1)33-27-31-15-20-13-23(24-4-6-32-35-24)26(14-25(20)34-27)37-11-5-22-16-28-7-8-30-22/h1-4,6-10,12-16,18H,5,11,17H2,(H,32,35)(H,31,33,34). The summed E-state index contributed by atoms with van der Waals surface area (Å²) in [4.78, 5) is 21.8. The van der Waals surface area contributed by atoms with Gasteiger partial charge in [-0.1, -0.05) is 12.1 Å². The first-order valence-electron chi connectivity index (χ1n) is 11.8. The number of nitrogens with one attached hydrogen (secondary N) is 2. The van der Waals surface area contributed by atoms with Crippen molar-refractivity contribution in [3.8, 4) is 17.0 Å². The van der Waals surface area contributed by atoms with Crippen LogP contribution in [-0.2, 0) is 13.0 Å². The maximum atomic E-state index is 6.19. The zero-order valence-corrected chi connectivity index (χ0v) is 19.8. The summed E-state index contributed by atoms with van der Waals surface area (Å²) in [7, 11) is 0. The molecule has 4 heterocycles. The molecule has 0 aliphatic carbocycles. The Morgan fingerprint density at radius 3 is 2.81 bits per heavy atom. The molecular formula is C27H23N9O. The molecule has 10 heteroatoms. The number of imidazole rings is 1. The van der Waals surface area contributed by atoms with Gasteiger partial charge in [-0.2, -0.15) is 5.10 Å². The lowest BCUT2D eigenvalue weighted by atomic mass is 10.1. The molecule has 0 amide bonds. The average Bonchev–Trinajstić information content (AvgIpc) is 3.64. The molecule has 10 nitrogen and oxygen atoms in total. The Morgan fingerprint density at radius 1 is 0.973 bits per heavy atom. The number of benzene rings is 2. The van der Waals surface area contributed by atoms with E-state index in [1.165, 1.54) is 0 Å². The second kappa shape index (κ2) is 10.2. The maximum Gasteiger partial charge on any atom is 0.227 e. The molecule has 0 aliphatic heterocycles. The Morgan fingerprint density at radius 2 is 1.97 bits per heavy atom. The third-order valence-electron chi connectivity index (χ3n) is 5.80. The molecule has 4 aromatic heterocycles. The summed E-state index contributed by atoms with van der Waals surface area (Å²) in [6.07, 6.45) is 14.8. The largest absolute Gasteiger partial charge is 0.492 e. The molecule has 6 aromatic rings. The summed E-state index contributed by atoms with van der Waals surface area (Å²) in [6, 6.07) is 14.0. The average molecular weight is 490 g/mol. The molecule has 0 unspecified atom stereocenters. The molecule has 37 heavy (non-hydrogen) atoms. The highest BCUT2D eigenvalue weighted by Crippen LogP contribution is 2.33. The van der Waals surface area contributed by atoms with Gasteiger partial charge in [-0.3, -0.25) is 15.1 Å². The van der Waals surface area contributed by atoms with Crippen molar-refractivity contribution in [3.05, 3.63) is 103 Å². The predicted molar refractivity (Wildman–Crippen MR) is 139 cm³/mol. The smallest absolute Gasteiger partial charge is 0.227 e. The fourth-order valence-corrected chi connectivity index (χ4v) is 4.04. The zero-order chi connectivity index (χ0) is 24.9. The quantitative estimate of drug-likeness (QED) is 0.306. The molecular weight excluding hydrogens is 466 g/mol. The molecule has 0 saturated carbocycles. The number of aromatic nitrogens is 8. The zero-order valence-electron chi connectivity index (χ0n) is 19.8. The lowest BCUT2D eigenvalue weighted by molar-refractivity contribution is 0.322. The SMILES string of the molecule is c1cc(Cn2ccnc2)cc(Nc2ncc3cc(-c4cc[nH]n4)c(OCCc4cnccn4)cc3n2)c1. The van der Waals surface area contributed by atoms with Crippen LogP contribution in [0.5, 0.6) is 5.75 Å². The van der Waals surface area contributed by atoms with Crippen molar-refractivity contribution >= 4 is 22.5 Å². The maximum absolute atomic E-state index is 6.19. The van der Waals surface area contributed by atoms with E-state index in [4.69, 9.17) is 9.72 Å². The normalized spacial score (nSPS) is 11.0. The highest BCUT2D eigenvalue weighted by molar-refractivity contribution is 5.87. The Labute approximate surface area is 212 Å². The van der Waals surface area contributed by atoms with Gasteiger partial charge < -0.3 is 14.6 Å². The molecule has 0 saturated heterocycles. The van der Waals surface area contributed by atoms with E-state index in [1.807, 2.05) is 41.1 Å². The fraction of sp³-hybridized carbons (Fsp3) is 0.111. The highest BCUT2D eigenvalue weighted by Gasteiger charge is 2.13. The molecule has 0 aliphatic rings. The van der Waals surface area contributed by atoms with E-state index < -0.39 is 0 Å². The molecule has 0 atom stereocenters. The third kappa shape index (κ3) is 5.27. The number of anilines is 2. The summed E-state index contributed by atoms with van der Waals surface area (Å²) in [5, 5.41) is 11.4. The van der Waals surface area contributed by atoms with Gasteiger partial charge in [0.25, 0.3) is 0 Å². The second-order valence-corrected chi connectivity index (χ2v) is 8.42. The second-order valence-electron chi connectivity index (χ2n) is 8.42. The van der Waals surface area contributed by atoms with Crippen LogP contribution in [0.2, 0.25) is 0 Å². The Hall–Kier alpha value is -5.12. The van der Waals surface area contributed by atoms with Crippen LogP contribution < -0.4 is 10.1 Å². The van der Waals surface area contributed by atoms with E-state index in [-0.39, 0.29) is 0 Å². The summed E-state index contributed by atoms with van der Waals surface area (Å²) < 4.78 is 8.21. The van der Waals surface area contributed by atoms with E-state index in [0.29, 0.717) is 24.7 Å². The van der Waals surface area contributed by atoms with E-state index in [9.17, 15) is 0 Å². The number of hydrogen-bond acceptors (Lipinski definition) is 8. The summed E-state index contributed by atoms with van der Waals surface area (Å²) in [5.74, 6) is 1.20. The van der Waals surface area contributed by atoms with Crippen molar-refractivity contribution < 1.29 is 4.74 Å². The van der Waals surface area contributed by atoms with Gasteiger partial charge in [0, 0.05) is 79.0 Å². The van der Waals surface area contributed by atoms with Crippen molar-refractivity contribution in [1.29, 1.82) is 0 Å². The van der Waals surface area contributed by atoms with Gasteiger partial charge in [-0.15, -0.1) is 0 Å². The third-order valence-corrected chi connectivity index (χ3v) is 5.80. The van der Waals surface area contributed by atoms with Gasteiger partial charge in [0.15, 0.2) is 0 Å².